The van der Waals surface area contributed by atoms with Gasteiger partial charge in [0.2, 0.25) is 0 Å². The molecule has 1 amide bonds. The van der Waals surface area contributed by atoms with Gasteiger partial charge in [-0.05, 0) is 44.0 Å². The molecule has 0 saturated heterocycles. The van der Waals surface area contributed by atoms with Crippen molar-refractivity contribution in [1.82, 2.24) is 5.32 Å². The number of hydrogen-bond acceptors (Lipinski definition) is 1. The van der Waals surface area contributed by atoms with Crippen molar-refractivity contribution in [3.05, 3.63) is 60.2 Å². The SMILES string of the molecule is CC(C)(C)NC(=O)c1ccc(-c2ccccc2)cc1. The third-order valence-electron chi connectivity index (χ3n) is 2.74. The van der Waals surface area contributed by atoms with Gasteiger partial charge >= 0.3 is 0 Å². The molecule has 0 aromatic heterocycles. The minimum absolute atomic E-state index is 0.0351. The Morgan fingerprint density at radius 1 is 0.842 bits per heavy atom. The summed E-state index contributed by atoms with van der Waals surface area (Å²) < 4.78 is 0. The van der Waals surface area contributed by atoms with Crippen LogP contribution >= 0.6 is 0 Å². The molecule has 19 heavy (non-hydrogen) atoms. The van der Waals surface area contributed by atoms with Gasteiger partial charge in [0.05, 0.1) is 0 Å². The summed E-state index contributed by atoms with van der Waals surface area (Å²) >= 11 is 0. The number of carbonyl (C=O) groups excluding carboxylic acids is 1. The Bertz CT molecular complexity index is 550. The molecule has 1 N–H and O–H groups in total. The van der Waals surface area contributed by atoms with Crippen LogP contribution in [-0.2, 0) is 0 Å². The minimum Gasteiger partial charge on any atom is -0.347 e. The average Bonchev–Trinajstić information content (AvgIpc) is 2.38. The zero-order valence-corrected chi connectivity index (χ0v) is 11.6. The Labute approximate surface area is 114 Å². The van der Waals surface area contributed by atoms with E-state index in [1.807, 2.05) is 63.2 Å². The van der Waals surface area contributed by atoms with Crippen LogP contribution in [-0.4, -0.2) is 11.4 Å². The number of hydrogen-bond donors (Lipinski definition) is 1. The van der Waals surface area contributed by atoms with Crippen LogP contribution in [0.25, 0.3) is 11.1 Å². The zero-order chi connectivity index (χ0) is 13.9. The summed E-state index contributed by atoms with van der Waals surface area (Å²) in [4.78, 5) is 12.0. The van der Waals surface area contributed by atoms with Crippen LogP contribution in [0.5, 0.6) is 0 Å². The largest absolute Gasteiger partial charge is 0.347 e. The summed E-state index contributed by atoms with van der Waals surface area (Å²) in [5.74, 6) is -0.0351. The Balaban J connectivity index is 2.17. The predicted molar refractivity (Wildman–Crippen MR) is 79.1 cm³/mol. The lowest BCUT2D eigenvalue weighted by Gasteiger charge is -2.20. The Kier molecular flexibility index (Phi) is 3.70. The summed E-state index contributed by atoms with van der Waals surface area (Å²) in [7, 11) is 0. The highest BCUT2D eigenvalue weighted by Crippen LogP contribution is 2.19. The lowest BCUT2D eigenvalue weighted by Crippen LogP contribution is -2.40. The van der Waals surface area contributed by atoms with Crippen molar-refractivity contribution in [2.24, 2.45) is 0 Å². The van der Waals surface area contributed by atoms with E-state index >= 15 is 0 Å². The summed E-state index contributed by atoms with van der Waals surface area (Å²) in [6.07, 6.45) is 0. The van der Waals surface area contributed by atoms with Crippen molar-refractivity contribution in [3.8, 4) is 11.1 Å². The molecule has 98 valence electrons. The second-order valence-corrected chi connectivity index (χ2v) is 5.65. The highest BCUT2D eigenvalue weighted by molar-refractivity contribution is 5.95. The van der Waals surface area contributed by atoms with E-state index in [2.05, 4.69) is 17.4 Å². The van der Waals surface area contributed by atoms with Crippen molar-refractivity contribution < 1.29 is 4.79 Å². The van der Waals surface area contributed by atoms with Crippen LogP contribution in [0.15, 0.2) is 54.6 Å². The lowest BCUT2D eigenvalue weighted by atomic mass is 10.0. The molecule has 0 unspecified atom stereocenters. The third-order valence-corrected chi connectivity index (χ3v) is 2.74. The molecular formula is C17H19NO. The van der Waals surface area contributed by atoms with Gasteiger partial charge in [0.25, 0.3) is 5.91 Å². The van der Waals surface area contributed by atoms with Gasteiger partial charge < -0.3 is 5.32 Å². The van der Waals surface area contributed by atoms with Crippen LogP contribution in [0, 0.1) is 0 Å². The number of amides is 1. The standard InChI is InChI=1S/C17H19NO/c1-17(2,3)18-16(19)15-11-9-14(10-12-15)13-7-5-4-6-8-13/h4-12H,1-3H3,(H,18,19). The van der Waals surface area contributed by atoms with E-state index in [-0.39, 0.29) is 11.4 Å². The average molecular weight is 253 g/mol. The highest BCUT2D eigenvalue weighted by Gasteiger charge is 2.14. The normalized spacial score (nSPS) is 11.1. The molecule has 0 aliphatic carbocycles. The summed E-state index contributed by atoms with van der Waals surface area (Å²) in [6, 6.07) is 17.8. The first-order valence-corrected chi connectivity index (χ1v) is 6.44. The maximum atomic E-state index is 12.0. The van der Waals surface area contributed by atoms with E-state index in [9.17, 15) is 4.79 Å². The molecule has 0 radical (unpaired) electrons. The second kappa shape index (κ2) is 5.27. The van der Waals surface area contributed by atoms with Gasteiger partial charge in [-0.1, -0.05) is 42.5 Å². The van der Waals surface area contributed by atoms with Crippen LogP contribution < -0.4 is 5.32 Å². The van der Waals surface area contributed by atoms with Gasteiger partial charge in [0.1, 0.15) is 0 Å². The molecule has 2 heteroatoms. The van der Waals surface area contributed by atoms with E-state index in [0.29, 0.717) is 5.56 Å². The molecule has 0 atom stereocenters. The van der Waals surface area contributed by atoms with Crippen LogP contribution in [0.3, 0.4) is 0 Å². The topological polar surface area (TPSA) is 29.1 Å². The molecule has 0 bridgehead atoms. The Morgan fingerprint density at radius 3 is 1.89 bits per heavy atom. The summed E-state index contributed by atoms with van der Waals surface area (Å²) in [6.45, 7) is 5.93. The van der Waals surface area contributed by atoms with Gasteiger partial charge in [-0.3, -0.25) is 4.79 Å². The van der Waals surface area contributed by atoms with Crippen molar-refractivity contribution >= 4 is 5.91 Å². The maximum absolute atomic E-state index is 12.0. The predicted octanol–water partition coefficient (Wildman–Crippen LogP) is 3.88. The second-order valence-electron chi connectivity index (χ2n) is 5.65. The van der Waals surface area contributed by atoms with Gasteiger partial charge in [0.15, 0.2) is 0 Å². The van der Waals surface area contributed by atoms with Gasteiger partial charge in [0, 0.05) is 11.1 Å². The van der Waals surface area contributed by atoms with Crippen molar-refractivity contribution in [3.63, 3.8) is 0 Å². The Morgan fingerprint density at radius 2 is 1.37 bits per heavy atom. The first-order valence-electron chi connectivity index (χ1n) is 6.44. The minimum atomic E-state index is -0.213. The van der Waals surface area contributed by atoms with Gasteiger partial charge in [-0.15, -0.1) is 0 Å². The Hall–Kier alpha value is -2.09. The maximum Gasteiger partial charge on any atom is 0.251 e. The third kappa shape index (κ3) is 3.68. The fourth-order valence-electron chi connectivity index (χ4n) is 1.86. The van der Waals surface area contributed by atoms with Gasteiger partial charge in [-0.25, -0.2) is 0 Å². The lowest BCUT2D eigenvalue weighted by molar-refractivity contribution is 0.0919. The van der Waals surface area contributed by atoms with Crippen LogP contribution in [0.1, 0.15) is 31.1 Å². The first-order chi connectivity index (χ1) is 8.96. The molecule has 0 fully saturated rings. The number of nitrogens with one attached hydrogen (secondary N) is 1. The first kappa shape index (κ1) is 13.3. The van der Waals surface area contributed by atoms with Crippen molar-refractivity contribution in [2.45, 2.75) is 26.3 Å². The monoisotopic (exact) mass is 253 g/mol. The van der Waals surface area contributed by atoms with Crippen LogP contribution in [0.2, 0.25) is 0 Å². The molecule has 2 nitrogen and oxygen atoms in total. The molecule has 0 spiro atoms. The van der Waals surface area contributed by atoms with E-state index < -0.39 is 0 Å². The molecule has 2 aromatic rings. The van der Waals surface area contributed by atoms with E-state index in [1.54, 1.807) is 0 Å². The smallest absolute Gasteiger partial charge is 0.251 e. The van der Waals surface area contributed by atoms with Crippen molar-refractivity contribution in [1.29, 1.82) is 0 Å². The van der Waals surface area contributed by atoms with E-state index in [1.165, 1.54) is 0 Å². The molecule has 2 rings (SSSR count). The number of benzene rings is 2. The summed E-state index contributed by atoms with van der Waals surface area (Å²) in [5.41, 5.74) is 2.75. The fraction of sp³-hybridized carbons (Fsp3) is 0.235. The molecule has 0 heterocycles. The molecular weight excluding hydrogens is 234 g/mol. The quantitative estimate of drug-likeness (QED) is 0.864. The summed E-state index contributed by atoms with van der Waals surface area (Å²) in [5, 5.41) is 2.96. The zero-order valence-electron chi connectivity index (χ0n) is 11.6. The molecule has 0 aliphatic rings. The molecule has 0 saturated carbocycles. The van der Waals surface area contributed by atoms with Crippen LogP contribution in [0.4, 0.5) is 0 Å². The van der Waals surface area contributed by atoms with E-state index in [4.69, 9.17) is 0 Å². The number of rotatable bonds is 2. The van der Waals surface area contributed by atoms with E-state index in [0.717, 1.165) is 11.1 Å². The molecule has 2 aromatic carbocycles. The van der Waals surface area contributed by atoms with Crippen molar-refractivity contribution in [2.75, 3.05) is 0 Å². The van der Waals surface area contributed by atoms with Gasteiger partial charge in [-0.2, -0.15) is 0 Å². The molecule has 0 aliphatic heterocycles. The highest BCUT2D eigenvalue weighted by atomic mass is 16.1. The number of carbonyl (C=O) groups is 1. The fourth-order valence-corrected chi connectivity index (χ4v) is 1.86.